The number of benzene rings is 1. The highest BCUT2D eigenvalue weighted by Crippen LogP contribution is 2.16. The topological polar surface area (TPSA) is 90.5 Å². The minimum atomic E-state index is -1.60. The highest BCUT2D eigenvalue weighted by Gasteiger charge is 2.15. The van der Waals surface area contributed by atoms with Crippen molar-refractivity contribution in [1.82, 2.24) is 9.13 Å². The Kier molecular flexibility index (Phi) is 2.66. The van der Waals surface area contributed by atoms with Gasteiger partial charge in [0.1, 0.15) is 5.75 Å². The van der Waals surface area contributed by atoms with Crippen molar-refractivity contribution in [2.24, 2.45) is 7.05 Å². The summed E-state index contributed by atoms with van der Waals surface area (Å²) in [5.41, 5.74) is -1.45. The van der Waals surface area contributed by atoms with Crippen molar-refractivity contribution in [3.8, 4) is 5.75 Å². The van der Waals surface area contributed by atoms with Crippen LogP contribution in [0.4, 0.5) is 4.79 Å². The van der Waals surface area contributed by atoms with Gasteiger partial charge in [0.25, 0.3) is 5.56 Å². The molecule has 0 aliphatic heterocycles. The van der Waals surface area contributed by atoms with Crippen LogP contribution in [0.1, 0.15) is 0 Å². The molecule has 7 nitrogen and oxygen atoms in total. The Morgan fingerprint density at radius 3 is 2.56 bits per heavy atom. The van der Waals surface area contributed by atoms with E-state index in [0.717, 1.165) is 4.57 Å². The van der Waals surface area contributed by atoms with Crippen molar-refractivity contribution < 1.29 is 14.6 Å². The third-order valence-electron chi connectivity index (χ3n) is 2.67. The molecule has 0 amide bonds. The summed E-state index contributed by atoms with van der Waals surface area (Å²) in [6.45, 7) is 0. The largest absolute Gasteiger partial charge is 0.497 e. The SMILES string of the molecule is COc1ccc2c(=O)n(C(=O)O)c(=O)n(C)c2c1. The maximum atomic E-state index is 11.9. The molecule has 0 saturated heterocycles. The van der Waals surface area contributed by atoms with Gasteiger partial charge >= 0.3 is 11.8 Å². The van der Waals surface area contributed by atoms with Crippen LogP contribution in [0, 0.1) is 0 Å². The summed E-state index contributed by atoms with van der Waals surface area (Å²) >= 11 is 0. The van der Waals surface area contributed by atoms with E-state index >= 15 is 0 Å². The average Bonchev–Trinajstić information content (AvgIpc) is 2.35. The first kappa shape index (κ1) is 11.9. The van der Waals surface area contributed by atoms with Gasteiger partial charge in [0, 0.05) is 13.1 Å². The lowest BCUT2D eigenvalue weighted by Crippen LogP contribution is -2.42. The number of fused-ring (bicyclic) bond motifs is 1. The number of hydrogen-bond acceptors (Lipinski definition) is 4. The first-order chi connectivity index (χ1) is 8.47. The predicted octanol–water partition coefficient (Wildman–Crippen LogP) is 0.235. The zero-order valence-electron chi connectivity index (χ0n) is 9.71. The van der Waals surface area contributed by atoms with E-state index in [-0.39, 0.29) is 9.95 Å². The van der Waals surface area contributed by atoms with Crippen LogP contribution in [0.5, 0.6) is 5.75 Å². The molecule has 0 bridgehead atoms. The van der Waals surface area contributed by atoms with Gasteiger partial charge in [-0.05, 0) is 12.1 Å². The van der Waals surface area contributed by atoms with Crippen molar-refractivity contribution in [2.45, 2.75) is 0 Å². The molecule has 1 heterocycles. The van der Waals surface area contributed by atoms with Gasteiger partial charge in [-0.3, -0.25) is 9.36 Å². The van der Waals surface area contributed by atoms with E-state index in [1.807, 2.05) is 0 Å². The lowest BCUT2D eigenvalue weighted by atomic mass is 10.2. The first-order valence-corrected chi connectivity index (χ1v) is 5.00. The molecule has 1 N–H and O–H groups in total. The number of carboxylic acid groups (broad SMARTS) is 1. The fourth-order valence-electron chi connectivity index (χ4n) is 1.73. The van der Waals surface area contributed by atoms with Crippen LogP contribution in [0.15, 0.2) is 27.8 Å². The molecule has 0 spiro atoms. The van der Waals surface area contributed by atoms with Crippen LogP contribution < -0.4 is 16.0 Å². The molecule has 0 aliphatic carbocycles. The summed E-state index contributed by atoms with van der Waals surface area (Å²) in [5.74, 6) is 0.477. The van der Waals surface area contributed by atoms with E-state index in [1.165, 1.54) is 32.4 Å². The Labute approximate surface area is 100 Å². The van der Waals surface area contributed by atoms with Crippen molar-refractivity contribution >= 4 is 17.0 Å². The summed E-state index contributed by atoms with van der Waals surface area (Å²) in [6.07, 6.45) is -1.60. The zero-order chi connectivity index (χ0) is 13.4. The van der Waals surface area contributed by atoms with Gasteiger partial charge in [0.05, 0.1) is 18.0 Å². The second-order valence-corrected chi connectivity index (χ2v) is 3.65. The first-order valence-electron chi connectivity index (χ1n) is 5.00. The molecule has 2 aromatic rings. The van der Waals surface area contributed by atoms with Gasteiger partial charge in [-0.25, -0.2) is 9.59 Å². The van der Waals surface area contributed by atoms with Crippen molar-refractivity contribution in [3.05, 3.63) is 39.0 Å². The van der Waals surface area contributed by atoms with Crippen molar-refractivity contribution in [3.63, 3.8) is 0 Å². The van der Waals surface area contributed by atoms with Crippen molar-refractivity contribution in [2.75, 3.05) is 7.11 Å². The quantitative estimate of drug-likeness (QED) is 0.782. The lowest BCUT2D eigenvalue weighted by molar-refractivity contribution is 0.193. The normalized spacial score (nSPS) is 10.6. The Balaban J connectivity index is 3.03. The number of ether oxygens (including phenoxy) is 1. The Hall–Kier alpha value is -2.57. The standard InChI is InChI=1S/C11H10N2O5/c1-12-8-5-6(18-2)3-4-7(8)9(14)13(10(12)15)11(16)17/h3-5H,1-2H3,(H,16,17). The Morgan fingerprint density at radius 2 is 2.00 bits per heavy atom. The van der Waals surface area contributed by atoms with E-state index in [2.05, 4.69) is 0 Å². The van der Waals surface area contributed by atoms with Crippen LogP contribution in [-0.4, -0.2) is 27.4 Å². The summed E-state index contributed by atoms with van der Waals surface area (Å²) in [7, 11) is 2.85. The molecule has 0 atom stereocenters. The number of methoxy groups -OCH3 is 1. The smallest absolute Gasteiger partial charge is 0.422 e. The van der Waals surface area contributed by atoms with Crippen LogP contribution in [-0.2, 0) is 7.05 Å². The summed E-state index contributed by atoms with van der Waals surface area (Å²) in [4.78, 5) is 34.5. The van der Waals surface area contributed by atoms with Crippen LogP contribution in [0.25, 0.3) is 10.9 Å². The van der Waals surface area contributed by atoms with Gasteiger partial charge in [-0.15, -0.1) is 0 Å². The maximum Gasteiger partial charge on any atom is 0.422 e. The molecule has 7 heteroatoms. The number of hydrogen-bond donors (Lipinski definition) is 1. The van der Waals surface area contributed by atoms with Crippen LogP contribution >= 0.6 is 0 Å². The molecule has 0 fully saturated rings. The number of nitrogens with zero attached hydrogens (tertiary/aromatic N) is 2. The second kappa shape index (κ2) is 4.02. The second-order valence-electron chi connectivity index (χ2n) is 3.65. The van der Waals surface area contributed by atoms with Crippen LogP contribution in [0.2, 0.25) is 0 Å². The number of aryl methyl sites for hydroxylation is 1. The number of rotatable bonds is 1. The monoisotopic (exact) mass is 250 g/mol. The highest BCUT2D eigenvalue weighted by molar-refractivity contribution is 5.82. The lowest BCUT2D eigenvalue weighted by Gasteiger charge is -2.08. The Morgan fingerprint density at radius 1 is 1.33 bits per heavy atom. The number of carbonyl (C=O) groups is 1. The molecule has 0 unspecified atom stereocenters. The highest BCUT2D eigenvalue weighted by atomic mass is 16.5. The minimum Gasteiger partial charge on any atom is -0.497 e. The average molecular weight is 250 g/mol. The van der Waals surface area contributed by atoms with Gasteiger partial charge < -0.3 is 9.84 Å². The van der Waals surface area contributed by atoms with Crippen molar-refractivity contribution in [1.29, 1.82) is 0 Å². The molecule has 2 rings (SSSR count). The third-order valence-corrected chi connectivity index (χ3v) is 2.67. The molecule has 18 heavy (non-hydrogen) atoms. The molecule has 94 valence electrons. The molecule has 0 saturated carbocycles. The van der Waals surface area contributed by atoms with E-state index in [9.17, 15) is 14.4 Å². The molecular weight excluding hydrogens is 240 g/mol. The van der Waals surface area contributed by atoms with Crippen LogP contribution in [0.3, 0.4) is 0 Å². The zero-order valence-corrected chi connectivity index (χ0v) is 9.71. The van der Waals surface area contributed by atoms with E-state index in [0.29, 0.717) is 11.3 Å². The van der Waals surface area contributed by atoms with E-state index in [4.69, 9.17) is 9.84 Å². The van der Waals surface area contributed by atoms with Gasteiger partial charge in [-0.1, -0.05) is 0 Å². The molecule has 1 aromatic heterocycles. The molecule has 0 aliphatic rings. The predicted molar refractivity (Wildman–Crippen MR) is 63.4 cm³/mol. The minimum absolute atomic E-state index is 0.139. The fourth-order valence-corrected chi connectivity index (χ4v) is 1.73. The summed E-state index contributed by atoms with van der Waals surface area (Å²) < 4.78 is 6.26. The Bertz CT molecular complexity index is 756. The number of aromatic nitrogens is 2. The third kappa shape index (κ3) is 1.56. The summed E-state index contributed by atoms with van der Waals surface area (Å²) in [5, 5.41) is 9.00. The van der Waals surface area contributed by atoms with Gasteiger partial charge in [0.2, 0.25) is 0 Å². The van der Waals surface area contributed by atoms with Gasteiger partial charge in [0.15, 0.2) is 0 Å². The maximum absolute atomic E-state index is 11.9. The molecule has 0 radical (unpaired) electrons. The summed E-state index contributed by atoms with van der Waals surface area (Å²) in [6, 6.07) is 4.46. The van der Waals surface area contributed by atoms with Gasteiger partial charge in [-0.2, -0.15) is 4.57 Å². The van der Waals surface area contributed by atoms with E-state index < -0.39 is 17.3 Å². The van der Waals surface area contributed by atoms with E-state index in [1.54, 1.807) is 0 Å². The molecular formula is C11H10N2O5. The fraction of sp³-hybridized carbons (Fsp3) is 0.182. The molecule has 1 aromatic carbocycles.